The number of aromatic nitrogens is 4. The minimum absolute atomic E-state index is 0.0468. The third-order valence-electron chi connectivity index (χ3n) is 4.21. The first kappa shape index (κ1) is 23.1. The molecule has 1 N–H and O–H groups in total. The maximum absolute atomic E-state index is 12.3. The Morgan fingerprint density at radius 3 is 2.70 bits per heavy atom. The number of hydrogen-bond acceptors (Lipinski definition) is 9. The van der Waals surface area contributed by atoms with Gasteiger partial charge in [-0.25, -0.2) is 4.68 Å². The summed E-state index contributed by atoms with van der Waals surface area (Å²) in [5.41, 5.74) is 0.306. The van der Waals surface area contributed by atoms with E-state index in [0.29, 0.717) is 26.5 Å². The van der Waals surface area contributed by atoms with E-state index in [4.69, 9.17) is 23.2 Å². The smallest absolute Gasteiger partial charge is 0.288 e. The van der Waals surface area contributed by atoms with Crippen molar-refractivity contribution in [2.45, 2.75) is 16.6 Å². The van der Waals surface area contributed by atoms with Crippen molar-refractivity contribution in [3.8, 4) is 0 Å². The Balaban J connectivity index is 1.43. The van der Waals surface area contributed by atoms with Gasteiger partial charge in [0.25, 0.3) is 11.2 Å². The fourth-order valence-electron chi connectivity index (χ4n) is 2.79. The van der Waals surface area contributed by atoms with Crippen LogP contribution in [-0.4, -0.2) is 30.8 Å². The Morgan fingerprint density at radius 1 is 1.21 bits per heavy atom. The average Bonchev–Trinajstić information content (AvgIpc) is 3.21. The van der Waals surface area contributed by atoms with Gasteiger partial charge in [0, 0.05) is 33.7 Å². The normalized spacial score (nSPS) is 11.0. The molecule has 4 aromatic rings. The first-order valence-electron chi connectivity index (χ1n) is 9.14. The number of fused-ring (bicyclic) bond motifs is 1. The molecule has 0 fully saturated rings. The molecule has 2 heterocycles. The van der Waals surface area contributed by atoms with Crippen molar-refractivity contribution in [2.75, 3.05) is 5.32 Å². The number of benzene rings is 2. The van der Waals surface area contributed by atoms with Crippen molar-refractivity contribution in [2.24, 2.45) is 0 Å². The number of halogens is 2. The van der Waals surface area contributed by atoms with E-state index >= 15 is 0 Å². The number of hydrogen-bond donors (Lipinski definition) is 1. The molecule has 1 amide bonds. The number of nitro benzene ring substituents is 1. The summed E-state index contributed by atoms with van der Waals surface area (Å²) < 4.78 is 1.92. The van der Waals surface area contributed by atoms with Gasteiger partial charge in [0.2, 0.25) is 5.91 Å². The van der Waals surface area contributed by atoms with Crippen LogP contribution in [0.15, 0.2) is 51.7 Å². The molecule has 2 aromatic carbocycles. The van der Waals surface area contributed by atoms with E-state index in [0.717, 1.165) is 11.3 Å². The lowest BCUT2D eigenvalue weighted by molar-refractivity contribution is -0.382. The lowest BCUT2D eigenvalue weighted by Crippen LogP contribution is -2.19. The van der Waals surface area contributed by atoms with Crippen LogP contribution in [0, 0.1) is 10.1 Å². The summed E-state index contributed by atoms with van der Waals surface area (Å²) in [5, 5.41) is 22.8. The maximum Gasteiger partial charge on any atom is 0.288 e. The quantitative estimate of drug-likeness (QED) is 0.214. The van der Waals surface area contributed by atoms with Crippen LogP contribution in [0.1, 0.15) is 5.69 Å². The van der Waals surface area contributed by atoms with Crippen LogP contribution in [0.3, 0.4) is 0 Å². The average molecular weight is 523 g/mol. The lowest BCUT2D eigenvalue weighted by atomic mass is 10.2. The molecule has 2 aromatic heterocycles. The summed E-state index contributed by atoms with van der Waals surface area (Å²) in [4.78, 5) is 39.3. The standard InChI is InChI=1S/C19H12Cl2N6O4S2/c20-10-1-3-12(4-2-10)22-16(28)8-26-7-13(24-25-26)9-32-19-23-18(29)14-5-11(21)6-15(27(30)31)17(14)33-19/h1-7H,8-9H2,(H,22,28). The van der Waals surface area contributed by atoms with Gasteiger partial charge < -0.3 is 5.32 Å². The number of anilines is 1. The largest absolute Gasteiger partial charge is 0.324 e. The van der Waals surface area contributed by atoms with Crippen LogP contribution in [0.4, 0.5) is 11.4 Å². The van der Waals surface area contributed by atoms with E-state index in [1.807, 2.05) is 0 Å². The topological polar surface area (TPSA) is 133 Å². The minimum Gasteiger partial charge on any atom is -0.324 e. The minimum atomic E-state index is -0.598. The van der Waals surface area contributed by atoms with Gasteiger partial charge in [-0.2, -0.15) is 4.98 Å². The second kappa shape index (κ2) is 9.83. The van der Waals surface area contributed by atoms with E-state index in [9.17, 15) is 19.7 Å². The highest BCUT2D eigenvalue weighted by Gasteiger charge is 2.18. The zero-order valence-electron chi connectivity index (χ0n) is 16.4. The molecule has 0 aliphatic heterocycles. The SMILES string of the molecule is O=C(Cn1cc(CSc2nc(=O)c3cc(Cl)cc([N+](=O)[O-])c3s2)nn1)Nc1ccc(Cl)cc1. The van der Waals surface area contributed by atoms with Crippen LogP contribution >= 0.6 is 46.3 Å². The number of nitrogens with zero attached hydrogens (tertiary/aromatic N) is 5. The molecule has 0 spiro atoms. The Hall–Kier alpha value is -3.06. The molecule has 14 heteroatoms. The second-order valence-corrected chi connectivity index (χ2v) is 9.69. The number of carbonyl (C=O) groups excluding carboxylic acids is 1. The molecule has 0 unspecified atom stereocenters. The van der Waals surface area contributed by atoms with Gasteiger partial charge in [0.05, 0.1) is 16.0 Å². The van der Waals surface area contributed by atoms with Crippen LogP contribution in [-0.2, 0) is 17.1 Å². The molecule has 10 nitrogen and oxygen atoms in total. The van der Waals surface area contributed by atoms with Crippen LogP contribution < -0.4 is 10.9 Å². The van der Waals surface area contributed by atoms with E-state index < -0.39 is 10.5 Å². The summed E-state index contributed by atoms with van der Waals surface area (Å²) in [7, 11) is 0. The second-order valence-electron chi connectivity index (χ2n) is 6.59. The van der Waals surface area contributed by atoms with E-state index in [1.54, 1.807) is 30.5 Å². The first-order valence-corrected chi connectivity index (χ1v) is 11.7. The molecule has 0 aliphatic rings. The van der Waals surface area contributed by atoms with Crippen molar-refractivity contribution in [1.29, 1.82) is 0 Å². The first-order chi connectivity index (χ1) is 15.8. The van der Waals surface area contributed by atoms with Crippen molar-refractivity contribution in [3.05, 3.63) is 78.8 Å². The predicted molar refractivity (Wildman–Crippen MR) is 127 cm³/mol. The van der Waals surface area contributed by atoms with E-state index in [2.05, 4.69) is 20.6 Å². The fraction of sp³-hybridized carbons (Fsp3) is 0.105. The van der Waals surface area contributed by atoms with Gasteiger partial charge in [-0.05, 0) is 30.3 Å². The van der Waals surface area contributed by atoms with Gasteiger partial charge in [-0.1, -0.05) is 40.2 Å². The van der Waals surface area contributed by atoms with Crippen molar-refractivity contribution >= 4 is 73.7 Å². The number of amides is 1. The highest BCUT2D eigenvalue weighted by Crippen LogP contribution is 2.35. The molecule has 4 rings (SSSR count). The number of non-ortho nitro benzene ring substituents is 1. The zero-order chi connectivity index (χ0) is 23.5. The third kappa shape index (κ3) is 5.66. The molecule has 0 bridgehead atoms. The molecular formula is C19H12Cl2N6O4S2. The van der Waals surface area contributed by atoms with Gasteiger partial charge in [0.15, 0.2) is 4.34 Å². The highest BCUT2D eigenvalue weighted by atomic mass is 35.5. The Morgan fingerprint density at radius 2 is 1.97 bits per heavy atom. The summed E-state index contributed by atoms with van der Waals surface area (Å²) in [5.74, 6) is 0.0102. The van der Waals surface area contributed by atoms with E-state index in [-0.39, 0.29) is 33.2 Å². The summed E-state index contributed by atoms with van der Waals surface area (Å²) in [6, 6.07) is 9.27. The Bertz CT molecular complexity index is 1420. The van der Waals surface area contributed by atoms with Gasteiger partial charge in [0.1, 0.15) is 11.2 Å². The molecule has 0 saturated carbocycles. The zero-order valence-corrected chi connectivity index (χ0v) is 19.5. The Labute approximate surface area is 203 Å². The van der Waals surface area contributed by atoms with Gasteiger partial charge >= 0.3 is 0 Å². The number of nitrogens with one attached hydrogen (secondary N) is 1. The summed E-state index contributed by atoms with van der Waals surface area (Å²) >= 11 is 13.9. The molecule has 0 saturated heterocycles. The van der Waals surface area contributed by atoms with Gasteiger partial charge in [-0.15, -0.1) is 16.4 Å². The van der Waals surface area contributed by atoms with Crippen molar-refractivity contribution in [3.63, 3.8) is 0 Å². The Kier molecular flexibility index (Phi) is 6.88. The van der Waals surface area contributed by atoms with E-state index in [1.165, 1.54) is 28.6 Å². The molecular weight excluding hydrogens is 511 g/mol. The number of rotatable bonds is 7. The molecule has 0 aliphatic carbocycles. The van der Waals surface area contributed by atoms with Crippen LogP contribution in [0.25, 0.3) is 10.1 Å². The third-order valence-corrected chi connectivity index (χ3v) is 6.96. The summed E-state index contributed by atoms with van der Waals surface area (Å²) in [6.45, 7) is -0.0468. The van der Waals surface area contributed by atoms with Crippen LogP contribution in [0.2, 0.25) is 10.0 Å². The van der Waals surface area contributed by atoms with Crippen LogP contribution in [0.5, 0.6) is 0 Å². The number of thioether (sulfide) groups is 1. The molecule has 0 radical (unpaired) electrons. The molecule has 168 valence electrons. The molecule has 0 atom stereocenters. The number of nitro groups is 1. The number of carbonyl (C=O) groups is 1. The molecule has 33 heavy (non-hydrogen) atoms. The van der Waals surface area contributed by atoms with Crippen molar-refractivity contribution < 1.29 is 9.72 Å². The van der Waals surface area contributed by atoms with Crippen molar-refractivity contribution in [1.82, 2.24) is 20.0 Å². The lowest BCUT2D eigenvalue weighted by Gasteiger charge is -2.04. The highest BCUT2D eigenvalue weighted by molar-refractivity contribution is 8.00. The van der Waals surface area contributed by atoms with Gasteiger partial charge in [-0.3, -0.25) is 19.7 Å². The maximum atomic E-state index is 12.3. The predicted octanol–water partition coefficient (Wildman–Crippen LogP) is 4.39. The fourth-order valence-corrected chi connectivity index (χ4v) is 5.14. The summed E-state index contributed by atoms with van der Waals surface area (Å²) in [6.07, 6.45) is 1.60. The monoisotopic (exact) mass is 522 g/mol.